The fourth-order valence-electron chi connectivity index (χ4n) is 3.00. The molecule has 1 aromatic carbocycles. The number of hydrogen-bond acceptors (Lipinski definition) is 6. The third-order valence-corrected chi connectivity index (χ3v) is 4.27. The molecule has 1 amide bonds. The molecular weight excluding hydrogens is 314 g/mol. The summed E-state index contributed by atoms with van der Waals surface area (Å²) in [6, 6.07) is 6.97. The van der Waals surface area contributed by atoms with E-state index in [0.29, 0.717) is 5.52 Å². The van der Waals surface area contributed by atoms with E-state index in [-0.39, 0.29) is 32.1 Å². The zero-order valence-electron chi connectivity index (χ0n) is 13.2. The van der Waals surface area contributed by atoms with E-state index in [0.717, 1.165) is 5.52 Å². The van der Waals surface area contributed by atoms with Gasteiger partial charge in [0.1, 0.15) is 12.1 Å². The van der Waals surface area contributed by atoms with Crippen LogP contribution in [0.15, 0.2) is 24.3 Å². The number of para-hydroxylation sites is 1. The monoisotopic (exact) mass is 333 g/mol. The fraction of sp³-hybridized carbons (Fsp3) is 0.467. The van der Waals surface area contributed by atoms with Crippen LogP contribution in [0.25, 0.3) is 11.0 Å². The number of carbonyl (C=O) groups excluding carboxylic acids is 1. The van der Waals surface area contributed by atoms with E-state index in [1.807, 2.05) is 24.3 Å². The van der Waals surface area contributed by atoms with E-state index in [4.69, 9.17) is 5.11 Å². The summed E-state index contributed by atoms with van der Waals surface area (Å²) in [6.45, 7) is 0.316. The summed E-state index contributed by atoms with van der Waals surface area (Å²) in [4.78, 5) is 26.4. The number of aliphatic carboxylic acids is 1. The highest BCUT2D eigenvalue weighted by atomic mass is 16.4. The van der Waals surface area contributed by atoms with Crippen molar-refractivity contribution in [3.8, 4) is 0 Å². The summed E-state index contributed by atoms with van der Waals surface area (Å²) in [5.41, 5.74) is 1.48. The Kier molecular flexibility index (Phi) is 4.45. The Hall–Kier alpha value is -2.52. The Morgan fingerprint density at radius 1 is 1.33 bits per heavy atom. The molecule has 2 N–H and O–H groups in total. The largest absolute Gasteiger partial charge is 0.480 e. The van der Waals surface area contributed by atoms with E-state index in [9.17, 15) is 14.7 Å². The average molecular weight is 333 g/mol. The summed E-state index contributed by atoms with van der Waals surface area (Å²) >= 11 is 0. The molecule has 2 aromatic rings. The van der Waals surface area contributed by atoms with E-state index in [1.165, 1.54) is 9.58 Å². The Labute approximate surface area is 138 Å². The number of fused-ring (bicyclic) bond motifs is 1. The van der Waals surface area contributed by atoms with Crippen molar-refractivity contribution < 1.29 is 19.8 Å². The maximum atomic E-state index is 12.5. The van der Waals surface area contributed by atoms with Crippen LogP contribution in [0.2, 0.25) is 0 Å². The lowest BCUT2D eigenvalue weighted by molar-refractivity contribution is -0.138. The molecule has 1 saturated heterocycles. The van der Waals surface area contributed by atoms with Crippen LogP contribution in [0.1, 0.15) is 0 Å². The van der Waals surface area contributed by atoms with Crippen molar-refractivity contribution in [3.63, 3.8) is 0 Å². The van der Waals surface area contributed by atoms with Gasteiger partial charge < -0.3 is 15.1 Å². The summed E-state index contributed by atoms with van der Waals surface area (Å²) < 4.78 is 1.53. The summed E-state index contributed by atoms with van der Waals surface area (Å²) in [5.74, 6) is -1.15. The zero-order chi connectivity index (χ0) is 17.3. The van der Waals surface area contributed by atoms with Crippen LogP contribution in [0.4, 0.5) is 0 Å². The predicted octanol–water partition coefficient (Wildman–Crippen LogP) is -0.981. The predicted molar refractivity (Wildman–Crippen MR) is 84.2 cm³/mol. The van der Waals surface area contributed by atoms with Crippen LogP contribution < -0.4 is 0 Å². The Balaban J connectivity index is 1.67. The maximum absolute atomic E-state index is 12.5. The average Bonchev–Trinajstić information content (AvgIpc) is 3.11. The highest BCUT2D eigenvalue weighted by Gasteiger charge is 2.37. The number of carboxylic acid groups (broad SMARTS) is 1. The topological polar surface area (TPSA) is 112 Å². The third kappa shape index (κ3) is 3.22. The normalized spacial score (nSPS) is 20.9. The van der Waals surface area contributed by atoms with Gasteiger partial charge in [0.15, 0.2) is 0 Å². The third-order valence-electron chi connectivity index (χ3n) is 4.27. The molecule has 24 heavy (non-hydrogen) atoms. The van der Waals surface area contributed by atoms with Crippen LogP contribution in [0, 0.1) is 0 Å². The maximum Gasteiger partial charge on any atom is 0.317 e. The molecule has 2 heterocycles. The van der Waals surface area contributed by atoms with Crippen LogP contribution in [-0.4, -0.2) is 85.7 Å². The molecule has 0 spiro atoms. The highest BCUT2D eigenvalue weighted by Crippen LogP contribution is 2.17. The molecular formula is C15H19N5O4. The molecule has 3 rings (SSSR count). The first-order valence-corrected chi connectivity index (χ1v) is 7.62. The molecule has 0 bridgehead atoms. The van der Waals surface area contributed by atoms with Gasteiger partial charge in [0.2, 0.25) is 5.91 Å². The van der Waals surface area contributed by atoms with Gasteiger partial charge in [-0.05, 0) is 19.2 Å². The number of likely N-dealkylation sites (tertiary alicyclic amines) is 1. The lowest BCUT2D eigenvalue weighted by Gasteiger charge is -2.24. The number of likely N-dealkylation sites (N-methyl/N-ethyl adjacent to an activating group) is 1. The second kappa shape index (κ2) is 6.54. The van der Waals surface area contributed by atoms with E-state index in [1.54, 1.807) is 11.9 Å². The zero-order valence-corrected chi connectivity index (χ0v) is 13.2. The van der Waals surface area contributed by atoms with Crippen LogP contribution >= 0.6 is 0 Å². The lowest BCUT2D eigenvalue weighted by atomic mass is 10.2. The smallest absolute Gasteiger partial charge is 0.317 e. The van der Waals surface area contributed by atoms with Crippen LogP contribution in [-0.2, 0) is 16.1 Å². The van der Waals surface area contributed by atoms with Crippen molar-refractivity contribution in [1.29, 1.82) is 0 Å². The van der Waals surface area contributed by atoms with Gasteiger partial charge in [-0.1, -0.05) is 17.3 Å². The van der Waals surface area contributed by atoms with Gasteiger partial charge in [0.25, 0.3) is 0 Å². The minimum Gasteiger partial charge on any atom is -0.480 e. The van der Waals surface area contributed by atoms with Gasteiger partial charge in [0, 0.05) is 13.1 Å². The van der Waals surface area contributed by atoms with Gasteiger partial charge in [-0.15, -0.1) is 5.10 Å². The Morgan fingerprint density at radius 3 is 2.83 bits per heavy atom. The standard InChI is InChI=1S/C15H19N5O4/c1-18(9-15(23)24)12-6-19(7-13(12)21)14(22)8-20-11-5-3-2-4-10(11)16-17-20/h2-5,12-13,21H,6-9H2,1H3,(H,23,24)/t12?,13-/m1/s1. The number of β-amino-alcohol motifs (C(OH)–C–C–N with tert-alkyl or cyclic N) is 1. The number of aliphatic hydroxyl groups is 1. The summed E-state index contributed by atoms with van der Waals surface area (Å²) in [7, 11) is 1.63. The summed E-state index contributed by atoms with van der Waals surface area (Å²) in [6.07, 6.45) is -0.772. The molecule has 0 saturated carbocycles. The highest BCUT2D eigenvalue weighted by molar-refractivity contribution is 5.80. The molecule has 1 aliphatic heterocycles. The molecule has 1 aromatic heterocycles. The van der Waals surface area contributed by atoms with Crippen LogP contribution in [0.3, 0.4) is 0 Å². The number of carboxylic acids is 1. The number of benzene rings is 1. The number of aromatic nitrogens is 3. The van der Waals surface area contributed by atoms with E-state index >= 15 is 0 Å². The molecule has 0 aliphatic carbocycles. The Bertz CT molecular complexity index is 761. The number of carbonyl (C=O) groups is 2. The quantitative estimate of drug-likeness (QED) is 0.723. The molecule has 9 heteroatoms. The van der Waals surface area contributed by atoms with Gasteiger partial charge >= 0.3 is 5.97 Å². The second-order valence-electron chi connectivity index (χ2n) is 5.98. The van der Waals surface area contributed by atoms with E-state index < -0.39 is 18.1 Å². The number of rotatable bonds is 5. The number of nitrogens with zero attached hydrogens (tertiary/aromatic N) is 5. The molecule has 1 fully saturated rings. The molecule has 2 atom stereocenters. The number of amides is 1. The molecule has 128 valence electrons. The van der Waals surface area contributed by atoms with Gasteiger partial charge in [-0.25, -0.2) is 4.68 Å². The fourth-order valence-corrected chi connectivity index (χ4v) is 3.00. The van der Waals surface area contributed by atoms with Crippen LogP contribution in [0.5, 0.6) is 0 Å². The summed E-state index contributed by atoms with van der Waals surface area (Å²) in [5, 5.41) is 27.0. The molecule has 1 aliphatic rings. The minimum atomic E-state index is -0.969. The lowest BCUT2D eigenvalue weighted by Crippen LogP contribution is -2.43. The number of aliphatic hydroxyl groups excluding tert-OH is 1. The molecule has 1 unspecified atom stereocenters. The van der Waals surface area contributed by atoms with Gasteiger partial charge in [-0.3, -0.25) is 14.5 Å². The van der Waals surface area contributed by atoms with Gasteiger partial charge in [-0.2, -0.15) is 0 Å². The van der Waals surface area contributed by atoms with Crippen molar-refractivity contribution in [3.05, 3.63) is 24.3 Å². The van der Waals surface area contributed by atoms with Crippen molar-refractivity contribution in [2.24, 2.45) is 0 Å². The number of hydrogen-bond donors (Lipinski definition) is 2. The Morgan fingerprint density at radius 2 is 2.08 bits per heavy atom. The first-order chi connectivity index (χ1) is 11.5. The molecule has 9 nitrogen and oxygen atoms in total. The van der Waals surface area contributed by atoms with E-state index in [2.05, 4.69) is 10.3 Å². The van der Waals surface area contributed by atoms with Crippen molar-refractivity contribution in [2.45, 2.75) is 18.7 Å². The first-order valence-electron chi connectivity index (χ1n) is 7.62. The first kappa shape index (κ1) is 16.3. The van der Waals surface area contributed by atoms with Gasteiger partial charge in [0.05, 0.1) is 24.2 Å². The second-order valence-corrected chi connectivity index (χ2v) is 5.98. The van der Waals surface area contributed by atoms with Crippen molar-refractivity contribution in [1.82, 2.24) is 24.8 Å². The SMILES string of the molecule is CN(CC(=O)O)C1CN(C(=O)Cn2nnc3ccccc32)C[C@H]1O. The minimum absolute atomic E-state index is 0.0304. The van der Waals surface area contributed by atoms with Crippen molar-refractivity contribution >= 4 is 22.9 Å². The van der Waals surface area contributed by atoms with Crippen molar-refractivity contribution in [2.75, 3.05) is 26.7 Å². The molecule has 0 radical (unpaired) electrons.